The lowest BCUT2D eigenvalue weighted by Crippen LogP contribution is -2.39. The van der Waals surface area contributed by atoms with Crippen LogP contribution in [0.5, 0.6) is 0 Å². The van der Waals surface area contributed by atoms with E-state index in [0.29, 0.717) is 18.8 Å². The molecule has 0 spiro atoms. The molecule has 1 saturated heterocycles. The van der Waals surface area contributed by atoms with Crippen LogP contribution in [0.25, 0.3) is 0 Å². The Kier molecular flexibility index (Phi) is 5.23. The molecule has 1 aromatic carbocycles. The lowest BCUT2D eigenvalue weighted by molar-refractivity contribution is 0.0573. The smallest absolute Gasteiger partial charge is 0.354 e. The van der Waals surface area contributed by atoms with E-state index >= 15 is 0 Å². The van der Waals surface area contributed by atoms with Crippen molar-refractivity contribution in [2.75, 3.05) is 20.2 Å². The van der Waals surface area contributed by atoms with E-state index in [1.807, 2.05) is 46.0 Å². The van der Waals surface area contributed by atoms with Gasteiger partial charge in [0.2, 0.25) is 0 Å². The second-order valence-corrected chi connectivity index (χ2v) is 6.96. The molecule has 1 aliphatic rings. The van der Waals surface area contributed by atoms with E-state index in [2.05, 4.69) is 22.6 Å². The van der Waals surface area contributed by atoms with Crippen molar-refractivity contribution in [2.45, 2.75) is 18.9 Å². The fourth-order valence-electron chi connectivity index (χ4n) is 3.14. The van der Waals surface area contributed by atoms with Gasteiger partial charge in [-0.25, -0.2) is 4.79 Å². The number of likely N-dealkylation sites (tertiary alicyclic amines) is 1. The maximum Gasteiger partial charge on any atom is 0.354 e. The van der Waals surface area contributed by atoms with Crippen LogP contribution in [0.4, 0.5) is 0 Å². The number of aromatic nitrogens is 1. The number of carbonyl (C=O) groups excluding carboxylic acids is 2. The fourth-order valence-corrected chi connectivity index (χ4v) is 3.76. The van der Waals surface area contributed by atoms with E-state index in [9.17, 15) is 9.59 Å². The van der Waals surface area contributed by atoms with Gasteiger partial charge < -0.3 is 14.2 Å². The van der Waals surface area contributed by atoms with Gasteiger partial charge in [-0.1, -0.05) is 12.1 Å². The van der Waals surface area contributed by atoms with Crippen molar-refractivity contribution in [1.29, 1.82) is 0 Å². The Balaban J connectivity index is 1.68. The highest BCUT2D eigenvalue weighted by molar-refractivity contribution is 14.1. The molecule has 126 valence electrons. The molecule has 1 fully saturated rings. The Morgan fingerprint density at radius 1 is 1.12 bits per heavy atom. The van der Waals surface area contributed by atoms with Crippen molar-refractivity contribution >= 4 is 34.5 Å². The van der Waals surface area contributed by atoms with E-state index in [1.54, 1.807) is 6.07 Å². The molecule has 2 aromatic rings. The van der Waals surface area contributed by atoms with Gasteiger partial charge in [0.05, 0.1) is 12.7 Å². The second-order valence-electron chi connectivity index (χ2n) is 5.80. The second kappa shape index (κ2) is 7.38. The Bertz CT molecular complexity index is 748. The first-order valence-electron chi connectivity index (χ1n) is 7.90. The molecule has 1 amide bonds. The normalized spacial score (nSPS) is 15.3. The number of hydrogen-bond acceptors (Lipinski definition) is 3. The van der Waals surface area contributed by atoms with E-state index in [0.717, 1.165) is 22.0 Å². The van der Waals surface area contributed by atoms with Crippen LogP contribution < -0.4 is 0 Å². The Morgan fingerprint density at radius 2 is 1.83 bits per heavy atom. The molecule has 6 heteroatoms. The molecular weight excluding hydrogens is 419 g/mol. The SMILES string of the molecule is COC(=O)c1cccn1C1CCN(C(=O)c2ccccc2I)CC1. The molecule has 2 heterocycles. The van der Waals surface area contributed by atoms with Crippen LogP contribution in [0.15, 0.2) is 42.6 Å². The van der Waals surface area contributed by atoms with Crippen molar-refractivity contribution in [1.82, 2.24) is 9.47 Å². The molecule has 3 rings (SSSR count). The number of benzene rings is 1. The molecule has 0 unspecified atom stereocenters. The number of esters is 1. The largest absolute Gasteiger partial charge is 0.464 e. The molecule has 24 heavy (non-hydrogen) atoms. The summed E-state index contributed by atoms with van der Waals surface area (Å²) in [6.45, 7) is 1.38. The summed E-state index contributed by atoms with van der Waals surface area (Å²) in [6.07, 6.45) is 3.57. The van der Waals surface area contributed by atoms with Gasteiger partial charge in [0.15, 0.2) is 0 Å². The summed E-state index contributed by atoms with van der Waals surface area (Å²) in [4.78, 5) is 26.4. The van der Waals surface area contributed by atoms with Gasteiger partial charge in [-0.2, -0.15) is 0 Å². The number of amides is 1. The van der Waals surface area contributed by atoms with Gasteiger partial charge in [-0.05, 0) is 59.7 Å². The first-order valence-corrected chi connectivity index (χ1v) is 8.98. The predicted molar refractivity (Wildman–Crippen MR) is 99.1 cm³/mol. The zero-order chi connectivity index (χ0) is 17.1. The molecule has 1 aromatic heterocycles. The monoisotopic (exact) mass is 438 g/mol. The van der Waals surface area contributed by atoms with E-state index < -0.39 is 0 Å². The van der Waals surface area contributed by atoms with E-state index in [-0.39, 0.29) is 17.9 Å². The highest BCUT2D eigenvalue weighted by Gasteiger charge is 2.27. The van der Waals surface area contributed by atoms with Crippen molar-refractivity contribution in [2.24, 2.45) is 0 Å². The molecule has 0 atom stereocenters. The summed E-state index contributed by atoms with van der Waals surface area (Å²) in [5.74, 6) is -0.239. The molecule has 0 N–H and O–H groups in total. The van der Waals surface area contributed by atoms with Gasteiger partial charge in [0.1, 0.15) is 5.69 Å². The number of hydrogen-bond donors (Lipinski definition) is 0. The van der Waals surface area contributed by atoms with Crippen LogP contribution in [0.3, 0.4) is 0 Å². The highest BCUT2D eigenvalue weighted by atomic mass is 127. The van der Waals surface area contributed by atoms with Crippen LogP contribution in [0, 0.1) is 3.57 Å². The molecule has 0 bridgehead atoms. The van der Waals surface area contributed by atoms with Gasteiger partial charge in [0, 0.05) is 28.9 Å². The minimum absolute atomic E-state index is 0.0825. The van der Waals surface area contributed by atoms with Gasteiger partial charge >= 0.3 is 5.97 Å². The van der Waals surface area contributed by atoms with Crippen LogP contribution in [-0.4, -0.2) is 41.5 Å². The standard InChI is InChI=1S/C18H19IN2O3/c1-24-18(23)16-7-4-10-21(16)13-8-11-20(12-9-13)17(22)14-5-2-3-6-15(14)19/h2-7,10,13H,8-9,11-12H2,1H3. The summed E-state index contributed by atoms with van der Waals surface area (Å²) in [7, 11) is 1.39. The number of rotatable bonds is 3. The lowest BCUT2D eigenvalue weighted by atomic mass is 10.0. The van der Waals surface area contributed by atoms with E-state index in [1.165, 1.54) is 7.11 Å². The van der Waals surface area contributed by atoms with Crippen LogP contribution in [0.1, 0.15) is 39.7 Å². The summed E-state index contributed by atoms with van der Waals surface area (Å²) in [5, 5.41) is 0. The number of methoxy groups -OCH3 is 1. The molecule has 0 radical (unpaired) electrons. The number of nitrogens with zero attached hydrogens (tertiary/aromatic N) is 2. The first kappa shape index (κ1) is 17.0. The predicted octanol–water partition coefficient (Wildman–Crippen LogP) is 3.36. The fraction of sp³-hybridized carbons (Fsp3) is 0.333. The Morgan fingerprint density at radius 3 is 2.50 bits per heavy atom. The summed E-state index contributed by atoms with van der Waals surface area (Å²) in [6, 6.07) is 11.5. The first-order chi connectivity index (χ1) is 11.6. The zero-order valence-corrected chi connectivity index (χ0v) is 15.6. The van der Waals surface area contributed by atoms with E-state index in [4.69, 9.17) is 4.74 Å². The Hall–Kier alpha value is -1.83. The van der Waals surface area contributed by atoms with Gasteiger partial charge in [0.25, 0.3) is 5.91 Å². The number of piperidine rings is 1. The lowest BCUT2D eigenvalue weighted by Gasteiger charge is -2.33. The van der Waals surface area contributed by atoms with Crippen molar-refractivity contribution in [3.63, 3.8) is 0 Å². The molecule has 0 aliphatic carbocycles. The van der Waals surface area contributed by atoms with Crippen LogP contribution in [0.2, 0.25) is 0 Å². The van der Waals surface area contributed by atoms with Crippen molar-refractivity contribution in [3.05, 3.63) is 57.4 Å². The quantitative estimate of drug-likeness (QED) is 0.546. The Labute approximate surface area is 154 Å². The summed E-state index contributed by atoms with van der Waals surface area (Å²) in [5.41, 5.74) is 1.33. The average Bonchev–Trinajstić information content (AvgIpc) is 3.11. The molecule has 0 saturated carbocycles. The van der Waals surface area contributed by atoms with Gasteiger partial charge in [-0.3, -0.25) is 4.79 Å². The summed E-state index contributed by atoms with van der Waals surface area (Å²) >= 11 is 2.20. The highest BCUT2D eigenvalue weighted by Crippen LogP contribution is 2.26. The van der Waals surface area contributed by atoms with Crippen LogP contribution >= 0.6 is 22.6 Å². The summed E-state index contributed by atoms with van der Waals surface area (Å²) < 4.78 is 7.78. The minimum atomic E-state index is -0.322. The zero-order valence-electron chi connectivity index (χ0n) is 13.4. The number of ether oxygens (including phenoxy) is 1. The molecule has 1 aliphatic heterocycles. The number of halogens is 1. The van der Waals surface area contributed by atoms with Gasteiger partial charge in [-0.15, -0.1) is 0 Å². The number of carbonyl (C=O) groups is 2. The molecular formula is C18H19IN2O3. The molecule has 5 nitrogen and oxygen atoms in total. The minimum Gasteiger partial charge on any atom is -0.464 e. The third-order valence-corrected chi connectivity index (χ3v) is 5.36. The average molecular weight is 438 g/mol. The van der Waals surface area contributed by atoms with Crippen molar-refractivity contribution < 1.29 is 14.3 Å². The third-order valence-electron chi connectivity index (χ3n) is 4.42. The van der Waals surface area contributed by atoms with Crippen LogP contribution in [-0.2, 0) is 4.74 Å². The maximum atomic E-state index is 12.7. The topological polar surface area (TPSA) is 51.5 Å². The third kappa shape index (κ3) is 3.33. The maximum absolute atomic E-state index is 12.7. The van der Waals surface area contributed by atoms with Crippen molar-refractivity contribution in [3.8, 4) is 0 Å².